The van der Waals surface area contributed by atoms with Crippen molar-refractivity contribution in [1.82, 2.24) is 20.5 Å². The summed E-state index contributed by atoms with van der Waals surface area (Å²) in [6.07, 6.45) is -6.93. The number of aromatic nitrogens is 1. The second-order valence-corrected chi connectivity index (χ2v) is 20.3. The number of halogens is 3. The molecule has 5 aromatic rings. The third kappa shape index (κ3) is 11.9. The van der Waals surface area contributed by atoms with Crippen LogP contribution in [-0.4, -0.2) is 99.3 Å². The molecule has 7 rings (SSSR count). The van der Waals surface area contributed by atoms with Crippen LogP contribution < -0.4 is 25.2 Å². The highest BCUT2D eigenvalue weighted by atomic mass is 32.1. The van der Waals surface area contributed by atoms with Crippen molar-refractivity contribution in [2.75, 3.05) is 36.2 Å². The van der Waals surface area contributed by atoms with Crippen molar-refractivity contribution in [2.24, 2.45) is 5.41 Å². The van der Waals surface area contributed by atoms with Crippen LogP contribution in [0.4, 0.5) is 24.5 Å². The van der Waals surface area contributed by atoms with Crippen LogP contribution in [0.3, 0.4) is 0 Å². The number of aliphatic hydroxyl groups is 2. The minimum Gasteiger partial charge on any atom is -0.491 e. The van der Waals surface area contributed by atoms with Crippen LogP contribution in [0.2, 0.25) is 0 Å². The van der Waals surface area contributed by atoms with E-state index in [1.54, 1.807) is 53.8 Å². The van der Waals surface area contributed by atoms with Crippen LogP contribution in [-0.2, 0) is 31.8 Å². The fourth-order valence-electron chi connectivity index (χ4n) is 8.64. The zero-order valence-electron chi connectivity index (χ0n) is 40.1. The van der Waals surface area contributed by atoms with Crippen LogP contribution in [0.25, 0.3) is 21.6 Å². The van der Waals surface area contributed by atoms with Gasteiger partial charge in [0, 0.05) is 37.3 Å². The Hall–Kier alpha value is -6.43. The van der Waals surface area contributed by atoms with Crippen molar-refractivity contribution >= 4 is 57.8 Å². The monoisotopic (exact) mass is 1010 g/mol. The summed E-state index contributed by atoms with van der Waals surface area (Å²) in [6.45, 7) is 11.5. The Kier molecular flexibility index (Phi) is 15.9. The first kappa shape index (κ1) is 52.4. The van der Waals surface area contributed by atoms with Gasteiger partial charge in [0.25, 0.3) is 0 Å². The van der Waals surface area contributed by atoms with Gasteiger partial charge in [-0.3, -0.25) is 19.3 Å². The van der Waals surface area contributed by atoms with Gasteiger partial charge in [-0.2, -0.15) is 18.4 Å². The highest BCUT2D eigenvalue weighted by Crippen LogP contribution is 2.42. The molecule has 71 heavy (non-hydrogen) atoms. The van der Waals surface area contributed by atoms with Crippen molar-refractivity contribution in [1.29, 1.82) is 5.26 Å². The molecule has 2 aliphatic heterocycles. The predicted octanol–water partition coefficient (Wildman–Crippen LogP) is 7.98. The number of carbonyl (C=O) groups is 3. The Morgan fingerprint density at radius 2 is 1.56 bits per heavy atom. The summed E-state index contributed by atoms with van der Waals surface area (Å²) >= 11 is 7.29. The van der Waals surface area contributed by atoms with Crippen molar-refractivity contribution in [3.63, 3.8) is 0 Å². The molecule has 374 valence electrons. The van der Waals surface area contributed by atoms with Crippen LogP contribution in [0.5, 0.6) is 5.75 Å². The van der Waals surface area contributed by atoms with Gasteiger partial charge in [0.1, 0.15) is 24.4 Å². The lowest BCUT2D eigenvalue weighted by Crippen LogP contribution is -2.57. The molecule has 2 fully saturated rings. The zero-order chi connectivity index (χ0) is 51.4. The second kappa shape index (κ2) is 21.5. The number of aryl methyl sites for hydroxylation is 1. The molecule has 0 radical (unpaired) electrons. The van der Waals surface area contributed by atoms with E-state index in [0.717, 1.165) is 45.0 Å². The van der Waals surface area contributed by atoms with E-state index in [4.69, 9.17) is 21.7 Å². The Labute approximate surface area is 420 Å². The molecule has 2 aliphatic rings. The fraction of sp³-hybridized carbons (Fsp3) is 0.385. The van der Waals surface area contributed by atoms with Crippen LogP contribution >= 0.6 is 23.6 Å². The molecule has 4 aromatic carbocycles. The standard InChI is InChI=1S/C52H56F3N7O7S2/c1-31-44(71-30-58-31)35-9-7-32(8-10-35)28-57-46(65)42-26-39(63)29-60(42)47(66)45(50(2,3)4)59-43(64)21-22-68-23-24-69-40-19-14-34(15-20-40)33-11-16-37(17-12-33)62-49(70)61(48(67)51(62,5)6)38-18-13-36(27-56)41(25-38)52(53,54)55/h7-20,25,30,39,42,45,48,63,67H,21-24,26,28-29H2,1-6H3,(H,57,65)(H,59,64)/t39-,42+,45-,48?/m1/s1. The average molecular weight is 1010 g/mol. The van der Waals surface area contributed by atoms with E-state index in [0.29, 0.717) is 11.4 Å². The summed E-state index contributed by atoms with van der Waals surface area (Å²) in [5, 5.41) is 37.0. The fourth-order valence-corrected chi connectivity index (χ4v) is 10.0. The predicted molar refractivity (Wildman–Crippen MR) is 268 cm³/mol. The molecule has 0 aliphatic carbocycles. The highest BCUT2D eigenvalue weighted by Gasteiger charge is 2.50. The van der Waals surface area contributed by atoms with E-state index in [1.165, 1.54) is 15.9 Å². The summed E-state index contributed by atoms with van der Waals surface area (Å²) < 4.78 is 52.9. The SMILES string of the molecule is Cc1ncsc1-c1ccc(CNC(=O)[C@@H]2C[C@@H](O)CN2C(=O)[C@@H](NC(=O)CCOCCOc2ccc(-c3ccc(N4C(=S)N(c5ccc(C#N)c(C(F)(F)F)c5)C(O)C4(C)C)cc3)cc2)C(C)(C)C)cc1. The first-order chi connectivity index (χ1) is 33.6. The minimum absolute atomic E-state index is 0.00863. The number of thiazole rings is 1. The van der Waals surface area contributed by atoms with Crippen molar-refractivity contribution in [2.45, 2.75) is 97.1 Å². The van der Waals surface area contributed by atoms with Crippen LogP contribution in [0.1, 0.15) is 69.8 Å². The van der Waals surface area contributed by atoms with Gasteiger partial charge >= 0.3 is 6.18 Å². The van der Waals surface area contributed by atoms with E-state index in [-0.39, 0.29) is 62.5 Å². The molecule has 0 bridgehead atoms. The number of nitriles is 1. The summed E-state index contributed by atoms with van der Waals surface area (Å²) in [4.78, 5) is 50.3. The maximum atomic E-state index is 14.0. The molecule has 1 unspecified atom stereocenters. The number of nitrogens with zero attached hydrogens (tertiary/aromatic N) is 5. The number of anilines is 2. The average Bonchev–Trinajstić information content (AvgIpc) is 4.00. The normalized spacial score (nSPS) is 18.3. The van der Waals surface area contributed by atoms with Gasteiger partial charge < -0.3 is 40.1 Å². The number of thiocarbonyl (C=S) groups is 1. The quantitative estimate of drug-likeness (QED) is 0.0554. The van der Waals surface area contributed by atoms with Crippen LogP contribution in [0.15, 0.2) is 96.5 Å². The number of hydrogen-bond acceptors (Lipinski definition) is 11. The van der Waals surface area contributed by atoms with Gasteiger partial charge in [0.05, 0.1) is 58.1 Å². The van der Waals surface area contributed by atoms with Crippen molar-refractivity contribution in [3.8, 4) is 33.4 Å². The van der Waals surface area contributed by atoms with Gasteiger partial charge in [-0.1, -0.05) is 69.3 Å². The number of aliphatic hydroxyl groups excluding tert-OH is 2. The first-order valence-corrected chi connectivity index (χ1v) is 24.3. The Morgan fingerprint density at radius 1 is 0.930 bits per heavy atom. The van der Waals surface area contributed by atoms with Gasteiger partial charge in [-0.25, -0.2) is 4.98 Å². The van der Waals surface area contributed by atoms with Gasteiger partial charge in [-0.05, 0) is 103 Å². The minimum atomic E-state index is -4.78. The van der Waals surface area contributed by atoms with E-state index in [1.807, 2.05) is 88.4 Å². The maximum Gasteiger partial charge on any atom is 0.417 e. The smallest absolute Gasteiger partial charge is 0.417 e. The third-order valence-electron chi connectivity index (χ3n) is 12.6. The van der Waals surface area contributed by atoms with Gasteiger partial charge in [-0.15, -0.1) is 11.3 Å². The summed E-state index contributed by atoms with van der Waals surface area (Å²) in [7, 11) is 0. The molecule has 19 heteroatoms. The number of benzene rings is 4. The number of rotatable bonds is 16. The van der Waals surface area contributed by atoms with E-state index >= 15 is 0 Å². The number of hydrogen-bond donors (Lipinski definition) is 4. The highest BCUT2D eigenvalue weighted by molar-refractivity contribution is 7.80. The number of alkyl halides is 3. The van der Waals surface area contributed by atoms with Gasteiger partial charge in [0.2, 0.25) is 17.7 Å². The third-order valence-corrected chi connectivity index (χ3v) is 13.9. The molecule has 0 saturated carbocycles. The number of β-amino-alcohol motifs (C(OH)–C–C–N with tert-alkyl or cyclic N) is 1. The lowest BCUT2D eigenvalue weighted by molar-refractivity contribution is -0.144. The Morgan fingerprint density at radius 3 is 2.17 bits per heavy atom. The molecule has 3 heterocycles. The summed E-state index contributed by atoms with van der Waals surface area (Å²) in [6, 6.07) is 25.5. The van der Waals surface area contributed by atoms with Crippen LogP contribution in [0, 0.1) is 23.7 Å². The van der Waals surface area contributed by atoms with Crippen molar-refractivity contribution in [3.05, 3.63) is 119 Å². The number of likely N-dealkylation sites (tertiary alicyclic amines) is 1. The van der Waals surface area contributed by atoms with Crippen molar-refractivity contribution < 1.29 is 47.2 Å². The van der Waals surface area contributed by atoms with E-state index < -0.39 is 64.5 Å². The van der Waals surface area contributed by atoms with Gasteiger partial charge in [0.15, 0.2) is 11.3 Å². The first-order valence-electron chi connectivity index (χ1n) is 23.0. The van der Waals surface area contributed by atoms with E-state index in [9.17, 15) is 43.0 Å². The largest absolute Gasteiger partial charge is 0.491 e. The molecule has 2 saturated heterocycles. The molecule has 1 aromatic heterocycles. The second-order valence-electron chi connectivity index (χ2n) is 19.1. The number of amides is 3. The number of carbonyl (C=O) groups excluding carboxylic acids is 3. The molecule has 4 atom stereocenters. The Balaban J connectivity index is 0.859. The molecular weight excluding hydrogens is 956 g/mol. The van der Waals surface area contributed by atoms with E-state index in [2.05, 4.69) is 15.6 Å². The molecule has 0 spiro atoms. The lowest BCUT2D eigenvalue weighted by atomic mass is 9.85. The summed E-state index contributed by atoms with van der Waals surface area (Å²) in [5.74, 6) is -0.660. The molecular formula is C52H56F3N7O7S2. The molecule has 4 N–H and O–H groups in total. The zero-order valence-corrected chi connectivity index (χ0v) is 41.8. The Bertz CT molecular complexity index is 2770. The lowest BCUT2D eigenvalue weighted by Gasteiger charge is -2.35. The summed E-state index contributed by atoms with van der Waals surface area (Å²) in [5.41, 5.74) is 3.62. The maximum absolute atomic E-state index is 14.0. The topological polar surface area (TPSA) is 181 Å². The molecule has 14 nitrogen and oxygen atoms in total. The number of nitrogens with one attached hydrogen (secondary N) is 2. The number of ether oxygens (including phenoxy) is 2. The molecule has 3 amide bonds.